The lowest BCUT2D eigenvalue weighted by Crippen LogP contribution is -2.74. The second-order valence-corrected chi connectivity index (χ2v) is 13.7. The molecule has 2 aromatic rings. The second-order valence-electron chi connectivity index (χ2n) is 13.7. The highest BCUT2D eigenvalue weighted by molar-refractivity contribution is 5.90. The average molecular weight is 678 g/mol. The van der Waals surface area contributed by atoms with Gasteiger partial charge in [0.1, 0.15) is 12.4 Å². The number of hydrogen-bond acceptors (Lipinski definition) is 12. The molecule has 12 nitrogen and oxygen atoms in total. The summed E-state index contributed by atoms with van der Waals surface area (Å²) in [7, 11) is 3.56. The smallest absolute Gasteiger partial charge is 0.357 e. The first-order chi connectivity index (χ1) is 23.4. The van der Waals surface area contributed by atoms with E-state index in [1.165, 1.54) is 0 Å². The summed E-state index contributed by atoms with van der Waals surface area (Å²) in [6.45, 7) is 5.61. The normalized spacial score (nSPS) is 26.1. The molecule has 1 fully saturated rings. The number of aliphatic hydroxyl groups is 1. The van der Waals surface area contributed by atoms with Crippen molar-refractivity contribution in [2.24, 2.45) is 5.92 Å². The number of rotatable bonds is 13. The minimum absolute atomic E-state index is 0.169. The van der Waals surface area contributed by atoms with E-state index >= 15 is 0 Å². The third kappa shape index (κ3) is 6.10. The van der Waals surface area contributed by atoms with Gasteiger partial charge < -0.3 is 38.4 Å². The molecule has 0 aromatic heterocycles. The maximum absolute atomic E-state index is 14.0. The summed E-state index contributed by atoms with van der Waals surface area (Å²) in [5.41, 5.74) is 0.164. The van der Waals surface area contributed by atoms with Crippen molar-refractivity contribution in [1.82, 2.24) is 4.90 Å². The number of Topliss-reactive ketones (excluding diaryl/α,β-unsaturated/α-hetero) is 1. The molecule has 49 heavy (non-hydrogen) atoms. The van der Waals surface area contributed by atoms with Crippen molar-refractivity contribution in [2.75, 3.05) is 33.9 Å². The molecule has 0 amide bonds. The molecule has 4 aliphatic rings. The van der Waals surface area contributed by atoms with E-state index in [-0.39, 0.29) is 30.7 Å². The summed E-state index contributed by atoms with van der Waals surface area (Å²) < 4.78 is 34.5. The molecule has 6 rings (SSSR count). The molecule has 1 N–H and O–H groups in total. The van der Waals surface area contributed by atoms with Crippen LogP contribution in [0.3, 0.4) is 0 Å². The van der Waals surface area contributed by atoms with Gasteiger partial charge in [0.15, 0.2) is 29.5 Å². The Bertz CT molecular complexity index is 1650. The number of ketones is 1. The van der Waals surface area contributed by atoms with Crippen LogP contribution in [0.1, 0.15) is 62.8 Å². The summed E-state index contributed by atoms with van der Waals surface area (Å²) in [5.74, 6) is -1.79. The first kappa shape index (κ1) is 34.6. The van der Waals surface area contributed by atoms with Crippen molar-refractivity contribution in [3.63, 3.8) is 0 Å². The molecular formula is C37H43NO11. The van der Waals surface area contributed by atoms with Crippen molar-refractivity contribution in [3.05, 3.63) is 71.0 Å². The van der Waals surface area contributed by atoms with Gasteiger partial charge in [-0.15, -0.1) is 0 Å². The summed E-state index contributed by atoms with van der Waals surface area (Å²) in [6.07, 6.45) is -1.38. The lowest BCUT2D eigenvalue weighted by atomic mass is 9.50. The number of piperidine rings is 1. The third-order valence-corrected chi connectivity index (χ3v) is 10.1. The fourth-order valence-corrected chi connectivity index (χ4v) is 7.88. The fraction of sp³-hybridized carbons (Fsp3) is 0.514. The Kier molecular flexibility index (Phi) is 9.58. The Morgan fingerprint density at radius 2 is 1.84 bits per heavy atom. The van der Waals surface area contributed by atoms with Gasteiger partial charge in [0, 0.05) is 37.1 Å². The van der Waals surface area contributed by atoms with Crippen molar-refractivity contribution < 1.29 is 52.7 Å². The fourth-order valence-electron chi connectivity index (χ4n) is 7.88. The molecule has 1 saturated heterocycles. The van der Waals surface area contributed by atoms with Crippen LogP contribution in [-0.4, -0.2) is 91.5 Å². The number of likely N-dealkylation sites (N-methyl/N-ethyl adjacent to an activating group) is 1. The van der Waals surface area contributed by atoms with E-state index in [2.05, 4.69) is 4.90 Å². The summed E-state index contributed by atoms with van der Waals surface area (Å²) in [5, 5.41) is 12.5. The quantitative estimate of drug-likeness (QED) is 0.245. The molecule has 6 atom stereocenters. The molecule has 2 aliphatic carbocycles. The standard InChI is InChI=1S/C37H43NO11/c1-21(2)19-45-20-25(40)28(46-22(3)39)18-30(41)48-32(23-9-7-6-8-10-23)35(42)47-27-13-14-37(43)29-17-24-11-12-26(44-5)33-31(24)36(37,34(27)49-33)15-16-38(29)4/h6-13,21,28-29,32,34,43H,14-20H2,1-5H3/t28-,29+,32-,34-,36-,37+/m0/s1. The summed E-state index contributed by atoms with van der Waals surface area (Å²) in [4.78, 5) is 54.1. The van der Waals surface area contributed by atoms with Crippen LogP contribution in [0.2, 0.25) is 0 Å². The number of carbonyl (C=O) groups excluding carboxylic acids is 4. The number of nitrogens with zero attached hydrogens (tertiary/aromatic N) is 1. The molecule has 262 valence electrons. The lowest BCUT2D eigenvalue weighted by Gasteiger charge is -2.61. The van der Waals surface area contributed by atoms with Crippen LogP contribution in [0, 0.1) is 5.92 Å². The van der Waals surface area contributed by atoms with Crippen molar-refractivity contribution >= 4 is 23.7 Å². The number of benzene rings is 2. The Labute approximate surface area is 285 Å². The van der Waals surface area contributed by atoms with Gasteiger partial charge in [0.25, 0.3) is 0 Å². The van der Waals surface area contributed by atoms with Crippen LogP contribution in [0.15, 0.2) is 54.3 Å². The molecule has 2 heterocycles. The number of hydrogen-bond donors (Lipinski definition) is 1. The monoisotopic (exact) mass is 677 g/mol. The minimum atomic E-state index is -1.52. The number of ether oxygens (including phenoxy) is 6. The van der Waals surface area contributed by atoms with Crippen LogP contribution in [-0.2, 0) is 50.0 Å². The van der Waals surface area contributed by atoms with Gasteiger partial charge in [-0.25, -0.2) is 4.79 Å². The first-order valence-electron chi connectivity index (χ1n) is 16.6. The zero-order valence-electron chi connectivity index (χ0n) is 28.4. The third-order valence-electron chi connectivity index (χ3n) is 10.1. The van der Waals surface area contributed by atoms with Crippen LogP contribution in [0.4, 0.5) is 0 Å². The molecule has 2 aromatic carbocycles. The van der Waals surface area contributed by atoms with Crippen LogP contribution in [0.25, 0.3) is 0 Å². The van der Waals surface area contributed by atoms with E-state index in [0.29, 0.717) is 43.1 Å². The zero-order valence-corrected chi connectivity index (χ0v) is 28.4. The average Bonchev–Trinajstić information content (AvgIpc) is 3.42. The molecule has 1 spiro atoms. The van der Waals surface area contributed by atoms with E-state index in [0.717, 1.165) is 18.1 Å². The Hall–Kier alpha value is -4.26. The molecule has 12 heteroatoms. The first-order valence-corrected chi connectivity index (χ1v) is 16.6. The molecule has 2 aliphatic heterocycles. The maximum atomic E-state index is 14.0. The zero-order chi connectivity index (χ0) is 35.1. The van der Waals surface area contributed by atoms with E-state index in [1.54, 1.807) is 43.5 Å². The molecule has 0 radical (unpaired) electrons. The second kappa shape index (κ2) is 13.6. The highest BCUT2D eigenvalue weighted by atomic mass is 16.6. The molecule has 2 bridgehead atoms. The van der Waals surface area contributed by atoms with Crippen LogP contribution < -0.4 is 9.47 Å². The Balaban J connectivity index is 1.26. The largest absolute Gasteiger partial charge is 0.493 e. The van der Waals surface area contributed by atoms with Gasteiger partial charge in [0.2, 0.25) is 6.10 Å². The van der Waals surface area contributed by atoms with Crippen molar-refractivity contribution in [1.29, 1.82) is 0 Å². The highest BCUT2D eigenvalue weighted by Crippen LogP contribution is 2.65. The van der Waals surface area contributed by atoms with Crippen LogP contribution >= 0.6 is 0 Å². The Morgan fingerprint density at radius 1 is 1.08 bits per heavy atom. The van der Waals surface area contributed by atoms with E-state index < -0.39 is 59.4 Å². The van der Waals surface area contributed by atoms with Gasteiger partial charge in [0.05, 0.1) is 24.5 Å². The lowest BCUT2D eigenvalue weighted by molar-refractivity contribution is -0.178. The number of methoxy groups -OCH3 is 1. The SMILES string of the molecule is COc1ccc2c3c1O[C@H]1C(OC(=O)[C@@H](OC(=O)C[C@H](OC(C)=O)C(=O)COCC(C)C)c4ccccc4)=CC[C@@]4(O)[C@@H](C2)N(C)CC[C@]314. The topological polar surface area (TPSA) is 147 Å². The minimum Gasteiger partial charge on any atom is -0.493 e. The predicted molar refractivity (Wildman–Crippen MR) is 174 cm³/mol. The Morgan fingerprint density at radius 3 is 2.53 bits per heavy atom. The van der Waals surface area contributed by atoms with Gasteiger partial charge >= 0.3 is 17.9 Å². The van der Waals surface area contributed by atoms with E-state index in [1.807, 2.05) is 33.0 Å². The summed E-state index contributed by atoms with van der Waals surface area (Å²) in [6, 6.07) is 12.0. The van der Waals surface area contributed by atoms with E-state index in [9.17, 15) is 24.3 Å². The van der Waals surface area contributed by atoms with E-state index in [4.69, 9.17) is 28.4 Å². The summed E-state index contributed by atoms with van der Waals surface area (Å²) >= 11 is 0. The predicted octanol–water partition coefficient (Wildman–Crippen LogP) is 3.36. The van der Waals surface area contributed by atoms with Gasteiger partial charge in [-0.1, -0.05) is 50.2 Å². The maximum Gasteiger partial charge on any atom is 0.357 e. The van der Waals surface area contributed by atoms with Gasteiger partial charge in [-0.3, -0.25) is 14.4 Å². The number of carbonyl (C=O) groups is 4. The van der Waals surface area contributed by atoms with Crippen LogP contribution in [0.5, 0.6) is 11.5 Å². The van der Waals surface area contributed by atoms with Gasteiger partial charge in [-0.2, -0.15) is 0 Å². The van der Waals surface area contributed by atoms with Gasteiger partial charge in [-0.05, 0) is 50.1 Å². The highest BCUT2D eigenvalue weighted by Gasteiger charge is 2.72. The van der Waals surface area contributed by atoms with Crippen molar-refractivity contribution in [2.45, 2.75) is 81.8 Å². The molecule has 0 saturated carbocycles. The van der Waals surface area contributed by atoms with Crippen molar-refractivity contribution in [3.8, 4) is 11.5 Å². The number of esters is 3. The molecular weight excluding hydrogens is 634 g/mol. The number of likely N-dealkylation sites (tertiary alicyclic amines) is 1. The molecule has 0 unspecified atom stereocenters.